The minimum Gasteiger partial charge on any atom is -0.395 e. The standard InChI is InChI=1S/C11H17N7O/c1-8(2)18(5-6-19)11-15-9(12)14-10(16-11)17-4-3-13-7-17/h3-4,7-8,19H,5-6H2,1-2H3,(H2,12,14,15,16). The highest BCUT2D eigenvalue weighted by Crippen LogP contribution is 2.14. The average molecular weight is 263 g/mol. The number of hydrogen-bond donors (Lipinski definition) is 2. The fraction of sp³-hybridized carbons (Fsp3) is 0.455. The number of imidazole rings is 1. The van der Waals surface area contributed by atoms with Crippen molar-refractivity contribution in [3.8, 4) is 5.95 Å². The molecule has 0 saturated heterocycles. The molecule has 0 atom stereocenters. The lowest BCUT2D eigenvalue weighted by atomic mass is 10.3. The second-order valence-electron chi connectivity index (χ2n) is 4.27. The van der Waals surface area contributed by atoms with Crippen molar-refractivity contribution >= 4 is 11.9 Å². The normalized spacial score (nSPS) is 10.9. The molecule has 8 nitrogen and oxygen atoms in total. The second kappa shape index (κ2) is 5.61. The smallest absolute Gasteiger partial charge is 0.241 e. The van der Waals surface area contributed by atoms with Gasteiger partial charge < -0.3 is 15.7 Å². The Hall–Kier alpha value is -2.22. The molecule has 0 aromatic carbocycles. The number of anilines is 2. The lowest BCUT2D eigenvalue weighted by Gasteiger charge is -2.25. The zero-order valence-electron chi connectivity index (χ0n) is 10.9. The van der Waals surface area contributed by atoms with Gasteiger partial charge in [0, 0.05) is 25.0 Å². The van der Waals surface area contributed by atoms with Gasteiger partial charge >= 0.3 is 0 Å². The van der Waals surface area contributed by atoms with Crippen LogP contribution in [0.4, 0.5) is 11.9 Å². The van der Waals surface area contributed by atoms with E-state index in [1.54, 1.807) is 23.3 Å². The van der Waals surface area contributed by atoms with Crippen molar-refractivity contribution in [2.75, 3.05) is 23.8 Å². The van der Waals surface area contributed by atoms with Crippen LogP contribution in [0.2, 0.25) is 0 Å². The lowest BCUT2D eigenvalue weighted by Crippen LogP contribution is -2.35. The molecule has 8 heteroatoms. The molecule has 2 heterocycles. The first-order valence-corrected chi connectivity index (χ1v) is 5.99. The highest BCUT2D eigenvalue weighted by Gasteiger charge is 2.15. The number of hydrogen-bond acceptors (Lipinski definition) is 7. The molecule has 0 aliphatic carbocycles. The summed E-state index contributed by atoms with van der Waals surface area (Å²) >= 11 is 0. The molecule has 0 fully saturated rings. The molecule has 0 bridgehead atoms. The molecule has 0 amide bonds. The highest BCUT2D eigenvalue weighted by atomic mass is 16.3. The molecule has 2 rings (SSSR count). The molecule has 0 unspecified atom stereocenters. The summed E-state index contributed by atoms with van der Waals surface area (Å²) < 4.78 is 1.65. The van der Waals surface area contributed by atoms with E-state index in [-0.39, 0.29) is 18.6 Å². The zero-order chi connectivity index (χ0) is 13.8. The maximum atomic E-state index is 9.11. The number of aliphatic hydroxyl groups is 1. The Balaban J connectivity index is 2.40. The predicted octanol–water partition coefficient (Wildman–Crippen LogP) is -0.153. The molecule has 2 aromatic heterocycles. The van der Waals surface area contributed by atoms with E-state index in [9.17, 15) is 0 Å². The maximum absolute atomic E-state index is 9.11. The molecular formula is C11H17N7O. The lowest BCUT2D eigenvalue weighted by molar-refractivity contribution is 0.298. The molecular weight excluding hydrogens is 246 g/mol. The van der Waals surface area contributed by atoms with Crippen molar-refractivity contribution in [1.82, 2.24) is 24.5 Å². The van der Waals surface area contributed by atoms with Gasteiger partial charge in [0.05, 0.1) is 6.61 Å². The summed E-state index contributed by atoms with van der Waals surface area (Å²) in [5.41, 5.74) is 5.71. The predicted molar refractivity (Wildman–Crippen MR) is 70.9 cm³/mol. The minimum atomic E-state index is 0.0180. The first kappa shape index (κ1) is 13.2. The SMILES string of the molecule is CC(C)N(CCO)c1nc(N)nc(-n2ccnc2)n1. The Kier molecular flexibility index (Phi) is 3.91. The van der Waals surface area contributed by atoms with Crippen LogP contribution in [0.25, 0.3) is 5.95 Å². The number of nitrogen functional groups attached to an aromatic ring is 1. The van der Waals surface area contributed by atoms with Crippen molar-refractivity contribution in [3.63, 3.8) is 0 Å². The summed E-state index contributed by atoms with van der Waals surface area (Å²) in [6.45, 7) is 4.44. The van der Waals surface area contributed by atoms with E-state index in [1.165, 1.54) is 0 Å². The highest BCUT2D eigenvalue weighted by molar-refractivity contribution is 5.38. The van der Waals surface area contributed by atoms with Crippen LogP contribution >= 0.6 is 0 Å². The van der Waals surface area contributed by atoms with Crippen LogP contribution in [0.1, 0.15) is 13.8 Å². The molecule has 2 aromatic rings. The fourth-order valence-corrected chi connectivity index (χ4v) is 1.69. The summed E-state index contributed by atoms with van der Waals surface area (Å²) in [5, 5.41) is 9.11. The molecule has 0 saturated carbocycles. The van der Waals surface area contributed by atoms with Gasteiger partial charge in [-0.15, -0.1) is 0 Å². The molecule has 19 heavy (non-hydrogen) atoms. The van der Waals surface area contributed by atoms with E-state index in [0.29, 0.717) is 18.4 Å². The van der Waals surface area contributed by atoms with Gasteiger partial charge in [0.15, 0.2) is 0 Å². The topological polar surface area (TPSA) is 106 Å². The van der Waals surface area contributed by atoms with Gasteiger partial charge in [-0.1, -0.05) is 0 Å². The zero-order valence-corrected chi connectivity index (χ0v) is 10.9. The Morgan fingerprint density at radius 2 is 2.16 bits per heavy atom. The van der Waals surface area contributed by atoms with Crippen molar-refractivity contribution in [2.24, 2.45) is 0 Å². The third-order valence-electron chi connectivity index (χ3n) is 2.59. The molecule has 0 aliphatic heterocycles. The molecule has 0 aliphatic rings. The average Bonchev–Trinajstić information content (AvgIpc) is 2.88. The van der Waals surface area contributed by atoms with Crippen LogP contribution in [0.15, 0.2) is 18.7 Å². The molecule has 0 spiro atoms. The second-order valence-corrected chi connectivity index (χ2v) is 4.27. The number of aromatic nitrogens is 5. The van der Waals surface area contributed by atoms with Gasteiger partial charge in [0.25, 0.3) is 0 Å². The first-order chi connectivity index (χ1) is 9.11. The van der Waals surface area contributed by atoms with E-state index in [1.807, 2.05) is 18.7 Å². The molecule has 102 valence electrons. The minimum absolute atomic E-state index is 0.0180. The summed E-state index contributed by atoms with van der Waals surface area (Å²) in [6.07, 6.45) is 4.95. The largest absolute Gasteiger partial charge is 0.395 e. The van der Waals surface area contributed by atoms with Gasteiger partial charge in [0.2, 0.25) is 17.8 Å². The quantitative estimate of drug-likeness (QED) is 0.772. The van der Waals surface area contributed by atoms with E-state index in [0.717, 1.165) is 0 Å². The number of rotatable bonds is 5. The van der Waals surface area contributed by atoms with Crippen LogP contribution in [-0.2, 0) is 0 Å². The number of aliphatic hydroxyl groups excluding tert-OH is 1. The monoisotopic (exact) mass is 263 g/mol. The number of nitrogens with two attached hydrogens (primary N) is 1. The Morgan fingerprint density at radius 3 is 2.74 bits per heavy atom. The summed E-state index contributed by atoms with van der Waals surface area (Å²) in [5.74, 6) is 0.987. The van der Waals surface area contributed by atoms with E-state index < -0.39 is 0 Å². The Labute approximate surface area is 111 Å². The molecule has 3 N–H and O–H groups in total. The summed E-state index contributed by atoms with van der Waals surface area (Å²) in [6, 6.07) is 0.143. The van der Waals surface area contributed by atoms with Gasteiger partial charge in [-0.2, -0.15) is 15.0 Å². The van der Waals surface area contributed by atoms with Crippen molar-refractivity contribution < 1.29 is 5.11 Å². The number of nitrogens with zero attached hydrogens (tertiary/aromatic N) is 6. The van der Waals surface area contributed by atoms with E-state index >= 15 is 0 Å². The van der Waals surface area contributed by atoms with Gasteiger partial charge in [-0.05, 0) is 13.8 Å². The van der Waals surface area contributed by atoms with Crippen molar-refractivity contribution in [3.05, 3.63) is 18.7 Å². The summed E-state index contributed by atoms with van der Waals surface area (Å²) in [4.78, 5) is 18.3. The maximum Gasteiger partial charge on any atom is 0.241 e. The van der Waals surface area contributed by atoms with Crippen molar-refractivity contribution in [1.29, 1.82) is 0 Å². The van der Waals surface area contributed by atoms with Crippen LogP contribution in [0, 0.1) is 0 Å². The molecule has 0 radical (unpaired) electrons. The van der Waals surface area contributed by atoms with E-state index in [4.69, 9.17) is 10.8 Å². The van der Waals surface area contributed by atoms with Crippen LogP contribution in [0.3, 0.4) is 0 Å². The van der Waals surface area contributed by atoms with Crippen LogP contribution < -0.4 is 10.6 Å². The summed E-state index contributed by atoms with van der Waals surface area (Å²) in [7, 11) is 0. The first-order valence-electron chi connectivity index (χ1n) is 5.99. The Morgan fingerprint density at radius 1 is 1.37 bits per heavy atom. The van der Waals surface area contributed by atoms with Crippen LogP contribution in [0.5, 0.6) is 0 Å². The Bertz CT molecular complexity index is 526. The third-order valence-corrected chi connectivity index (χ3v) is 2.59. The van der Waals surface area contributed by atoms with Gasteiger partial charge in [0.1, 0.15) is 6.33 Å². The fourth-order valence-electron chi connectivity index (χ4n) is 1.69. The van der Waals surface area contributed by atoms with Crippen LogP contribution in [-0.4, -0.2) is 48.8 Å². The van der Waals surface area contributed by atoms with E-state index in [2.05, 4.69) is 19.9 Å². The van der Waals surface area contributed by atoms with Gasteiger partial charge in [-0.3, -0.25) is 4.57 Å². The van der Waals surface area contributed by atoms with Gasteiger partial charge in [-0.25, -0.2) is 4.98 Å². The van der Waals surface area contributed by atoms with Crippen molar-refractivity contribution in [2.45, 2.75) is 19.9 Å². The third kappa shape index (κ3) is 2.97.